The number of carbonyl (C=O) groups is 3. The normalized spacial score (nSPS) is 16.4. The van der Waals surface area contributed by atoms with Crippen LogP contribution in [0.2, 0.25) is 0 Å². The zero-order valence-corrected chi connectivity index (χ0v) is 23.5. The van der Waals surface area contributed by atoms with Gasteiger partial charge in [0.05, 0.1) is 22.1 Å². The van der Waals surface area contributed by atoms with E-state index < -0.39 is 0 Å². The zero-order chi connectivity index (χ0) is 26.8. The van der Waals surface area contributed by atoms with Crippen molar-refractivity contribution >= 4 is 63.0 Å². The summed E-state index contributed by atoms with van der Waals surface area (Å²) >= 11 is 8.00. The van der Waals surface area contributed by atoms with E-state index >= 15 is 0 Å². The Balaban J connectivity index is 1.17. The third-order valence-corrected chi connectivity index (χ3v) is 9.03. The molecule has 0 aromatic carbocycles. The highest BCUT2D eigenvalue weighted by Gasteiger charge is 2.30. The fourth-order valence-corrected chi connectivity index (χ4v) is 6.70. The van der Waals surface area contributed by atoms with E-state index in [1.807, 2.05) is 24.8 Å². The van der Waals surface area contributed by atoms with E-state index in [1.165, 1.54) is 28.0 Å². The summed E-state index contributed by atoms with van der Waals surface area (Å²) in [6.07, 6.45) is 3.50. The van der Waals surface area contributed by atoms with Crippen molar-refractivity contribution in [1.82, 2.24) is 29.5 Å². The summed E-state index contributed by atoms with van der Waals surface area (Å²) in [5.74, 6) is 0.807. The van der Waals surface area contributed by atoms with Crippen LogP contribution in [0, 0.1) is 13.8 Å². The van der Waals surface area contributed by atoms with Gasteiger partial charge in [0.1, 0.15) is 10.0 Å². The Kier molecular flexibility index (Phi) is 7.86. The van der Waals surface area contributed by atoms with Gasteiger partial charge < -0.3 is 10.2 Å². The van der Waals surface area contributed by atoms with E-state index in [0.717, 1.165) is 29.2 Å². The first-order chi connectivity index (χ1) is 18.3. The molecule has 0 saturated carbocycles. The number of rotatable bonds is 7. The molecule has 0 radical (unpaired) electrons. The van der Waals surface area contributed by atoms with Crippen molar-refractivity contribution in [1.29, 1.82) is 0 Å². The molecule has 0 spiro atoms. The lowest BCUT2D eigenvalue weighted by Crippen LogP contribution is -2.40. The van der Waals surface area contributed by atoms with Crippen molar-refractivity contribution in [3.8, 4) is 5.82 Å². The smallest absolute Gasteiger partial charge is 0.275 e. The fourth-order valence-electron chi connectivity index (χ4n) is 4.61. The van der Waals surface area contributed by atoms with E-state index in [-0.39, 0.29) is 30.1 Å². The summed E-state index contributed by atoms with van der Waals surface area (Å²) in [4.78, 5) is 50.0. The first kappa shape index (κ1) is 26.4. The molecule has 3 aromatic heterocycles. The predicted octanol–water partition coefficient (Wildman–Crippen LogP) is 3.55. The topological polar surface area (TPSA) is 113 Å². The summed E-state index contributed by atoms with van der Waals surface area (Å²) in [6, 6.07) is 5.51. The summed E-state index contributed by atoms with van der Waals surface area (Å²) in [6.45, 7) is 5.44. The number of nitrogens with zero attached hydrogens (tertiary/aromatic N) is 6. The first-order valence-electron chi connectivity index (χ1n) is 12.3. The van der Waals surface area contributed by atoms with Crippen molar-refractivity contribution in [2.75, 3.05) is 30.7 Å². The molecule has 2 aliphatic rings. The summed E-state index contributed by atoms with van der Waals surface area (Å²) in [7, 11) is 0. The lowest BCUT2D eigenvalue weighted by Gasteiger charge is -2.31. The second kappa shape index (κ2) is 11.3. The lowest BCUT2D eigenvalue weighted by molar-refractivity contribution is -0.132. The van der Waals surface area contributed by atoms with Crippen LogP contribution in [-0.2, 0) is 9.59 Å². The van der Waals surface area contributed by atoms with Crippen molar-refractivity contribution in [2.45, 2.75) is 39.0 Å². The van der Waals surface area contributed by atoms with Crippen LogP contribution in [0.25, 0.3) is 5.82 Å². The molecule has 2 saturated heterocycles. The molecule has 13 heteroatoms. The van der Waals surface area contributed by atoms with Crippen molar-refractivity contribution in [3.05, 3.63) is 51.9 Å². The number of likely N-dealkylation sites (tertiary alicyclic amines) is 1. The average Bonchev–Trinajstić information content (AvgIpc) is 3.62. The average molecular weight is 570 g/mol. The standard InChI is InChI=1S/C25H27N7O3S3/c1-15-12-16(2)32(29-15)22-18(4-3-8-26-22)27-23(35)19-13-37-24(28-19)17-5-9-30(10-6-17)20(33)7-11-31-21(34)14-38-25(31)36/h3-4,8,12-13,17H,5-7,9-11,14H2,1-2H3,(H,27,35). The third kappa shape index (κ3) is 5.64. The number of aromatic nitrogens is 4. The van der Waals surface area contributed by atoms with E-state index in [4.69, 9.17) is 12.2 Å². The Morgan fingerprint density at radius 3 is 2.71 bits per heavy atom. The number of piperidine rings is 1. The molecule has 5 heterocycles. The Morgan fingerprint density at radius 1 is 1.24 bits per heavy atom. The second-order valence-corrected chi connectivity index (χ2v) is 11.7. The Hall–Kier alpha value is -3.16. The number of hydrogen-bond donors (Lipinski definition) is 1. The fraction of sp³-hybridized carbons (Fsp3) is 0.400. The number of anilines is 1. The molecule has 10 nitrogen and oxygen atoms in total. The van der Waals surface area contributed by atoms with Gasteiger partial charge in [0.25, 0.3) is 5.91 Å². The summed E-state index contributed by atoms with van der Waals surface area (Å²) < 4.78 is 2.26. The van der Waals surface area contributed by atoms with Gasteiger partial charge in [0, 0.05) is 49.2 Å². The van der Waals surface area contributed by atoms with Gasteiger partial charge in [-0.15, -0.1) is 11.3 Å². The predicted molar refractivity (Wildman–Crippen MR) is 151 cm³/mol. The molecular weight excluding hydrogens is 543 g/mol. The zero-order valence-electron chi connectivity index (χ0n) is 21.0. The number of hydrogen-bond acceptors (Lipinski definition) is 9. The molecule has 38 heavy (non-hydrogen) atoms. The molecular formula is C25H27N7O3S3. The minimum Gasteiger partial charge on any atom is -0.343 e. The van der Waals surface area contributed by atoms with E-state index in [2.05, 4.69) is 20.4 Å². The minimum absolute atomic E-state index is 0.0264. The van der Waals surface area contributed by atoms with Crippen LogP contribution >= 0.6 is 35.3 Å². The highest BCUT2D eigenvalue weighted by atomic mass is 32.2. The van der Waals surface area contributed by atoms with Gasteiger partial charge in [0.2, 0.25) is 11.8 Å². The molecule has 0 atom stereocenters. The summed E-state index contributed by atoms with van der Waals surface area (Å²) in [5, 5.41) is 10.1. The van der Waals surface area contributed by atoms with Gasteiger partial charge in [-0.05, 0) is 44.9 Å². The number of aryl methyl sites for hydroxylation is 2. The SMILES string of the molecule is Cc1cc(C)n(-c2ncccc2NC(=O)c2csc(C3CCN(C(=O)CCN4C(=O)CSC4=S)CC3)n2)n1. The van der Waals surface area contributed by atoms with Gasteiger partial charge >= 0.3 is 0 Å². The molecule has 3 aromatic rings. The lowest BCUT2D eigenvalue weighted by atomic mass is 9.97. The van der Waals surface area contributed by atoms with Gasteiger partial charge in [-0.25, -0.2) is 14.6 Å². The Labute approximate surface area is 233 Å². The van der Waals surface area contributed by atoms with Crippen LogP contribution in [0.5, 0.6) is 0 Å². The molecule has 2 fully saturated rings. The third-order valence-electron chi connectivity index (χ3n) is 6.59. The quantitative estimate of drug-likeness (QED) is 0.430. The first-order valence-corrected chi connectivity index (χ1v) is 14.6. The number of carbonyl (C=O) groups excluding carboxylic acids is 3. The maximum atomic E-state index is 13.0. The molecule has 0 unspecified atom stereocenters. The molecule has 0 aliphatic carbocycles. The number of thiazole rings is 1. The van der Waals surface area contributed by atoms with Crippen LogP contribution in [0.4, 0.5) is 5.69 Å². The number of pyridine rings is 1. The monoisotopic (exact) mass is 569 g/mol. The van der Waals surface area contributed by atoms with Gasteiger partial charge in [0.15, 0.2) is 5.82 Å². The molecule has 3 amide bonds. The molecule has 2 aliphatic heterocycles. The molecule has 198 valence electrons. The number of thiocarbonyl (C=S) groups is 1. The van der Waals surface area contributed by atoms with Gasteiger partial charge in [-0.3, -0.25) is 19.3 Å². The summed E-state index contributed by atoms with van der Waals surface area (Å²) in [5.41, 5.74) is 2.70. The molecule has 0 bridgehead atoms. The van der Waals surface area contributed by atoms with Crippen LogP contribution in [0.1, 0.15) is 52.1 Å². The number of nitrogens with one attached hydrogen (secondary N) is 1. The second-order valence-electron chi connectivity index (χ2n) is 9.24. The van der Waals surface area contributed by atoms with E-state index in [1.54, 1.807) is 28.4 Å². The highest BCUT2D eigenvalue weighted by Crippen LogP contribution is 2.31. The highest BCUT2D eigenvalue weighted by molar-refractivity contribution is 8.23. The Morgan fingerprint density at radius 2 is 2.03 bits per heavy atom. The Bertz CT molecular complexity index is 1380. The largest absolute Gasteiger partial charge is 0.343 e. The maximum absolute atomic E-state index is 13.0. The van der Waals surface area contributed by atoms with Crippen molar-refractivity contribution in [3.63, 3.8) is 0 Å². The van der Waals surface area contributed by atoms with Crippen LogP contribution in [0.3, 0.4) is 0 Å². The molecule has 1 N–H and O–H groups in total. The van der Waals surface area contributed by atoms with Crippen LogP contribution in [-0.4, -0.2) is 77.0 Å². The minimum atomic E-state index is -0.302. The van der Waals surface area contributed by atoms with Crippen LogP contribution < -0.4 is 5.32 Å². The van der Waals surface area contributed by atoms with Gasteiger partial charge in [-0.2, -0.15) is 5.10 Å². The maximum Gasteiger partial charge on any atom is 0.275 e. The van der Waals surface area contributed by atoms with Crippen molar-refractivity contribution < 1.29 is 14.4 Å². The number of amides is 3. The molecule has 5 rings (SSSR count). The van der Waals surface area contributed by atoms with E-state index in [9.17, 15) is 14.4 Å². The van der Waals surface area contributed by atoms with E-state index in [0.29, 0.717) is 46.9 Å². The van der Waals surface area contributed by atoms with Crippen LogP contribution in [0.15, 0.2) is 29.8 Å². The number of thioether (sulfide) groups is 1. The van der Waals surface area contributed by atoms with Gasteiger partial charge in [-0.1, -0.05) is 24.0 Å². The van der Waals surface area contributed by atoms with Crippen molar-refractivity contribution in [2.24, 2.45) is 0 Å².